The quantitative estimate of drug-likeness (QED) is 0.0524. The van der Waals surface area contributed by atoms with Gasteiger partial charge < -0.3 is 100 Å². The number of carbonyl (C=O) groups excluding carboxylic acids is 2. The normalized spacial score (nSPS) is 29.8. The smallest absolute Gasteiger partial charge is 0.390 e. The molecule has 6 aliphatic rings. The summed E-state index contributed by atoms with van der Waals surface area (Å²) in [7, 11) is -13.9. The summed E-state index contributed by atoms with van der Waals surface area (Å²) >= 11 is 0. The van der Waals surface area contributed by atoms with Gasteiger partial charge in [0.25, 0.3) is 11.8 Å². The fourth-order valence-corrected chi connectivity index (χ4v) is 10.2. The number of carbonyl (C=O) groups is 2. The number of anilines is 1. The lowest BCUT2D eigenvalue weighted by atomic mass is 10.1. The molecule has 2 amide bonds. The Morgan fingerprint density at radius 3 is 1.88 bits per heavy atom. The van der Waals surface area contributed by atoms with Crippen LogP contribution in [0.3, 0.4) is 0 Å². The second-order valence-electron chi connectivity index (χ2n) is 18.5. The van der Waals surface area contributed by atoms with E-state index < -0.39 is 84.6 Å². The van der Waals surface area contributed by atoms with E-state index in [2.05, 4.69) is 57.6 Å². The number of aliphatic hydroxyl groups excluding tert-OH is 4. The molecule has 0 bridgehead atoms. The van der Waals surface area contributed by atoms with Crippen molar-refractivity contribution in [3.8, 4) is 0 Å². The molecule has 0 radical (unpaired) electrons. The highest BCUT2D eigenvalue weighted by atomic mass is 31.2. The molecular weight excluding hydrogens is 1090 g/mol. The topological polar surface area (TPSA) is 464 Å². The minimum absolute atomic E-state index is 0. The van der Waals surface area contributed by atoms with Crippen molar-refractivity contribution in [2.45, 2.75) is 114 Å². The van der Waals surface area contributed by atoms with Gasteiger partial charge in [0.2, 0.25) is 0 Å². The molecule has 0 aromatic carbocycles. The number of hydrogen-bond donors (Lipinski definition) is 14. The van der Waals surface area contributed by atoms with Gasteiger partial charge >= 0.3 is 23.5 Å². The summed E-state index contributed by atoms with van der Waals surface area (Å²) in [6.07, 6.45) is 2.63. The lowest BCUT2D eigenvalue weighted by Gasteiger charge is -2.34. The first-order valence-electron chi connectivity index (χ1n) is 23.5. The number of aromatic nitrogens is 4. The van der Waals surface area contributed by atoms with Crippen molar-refractivity contribution in [1.82, 2.24) is 40.0 Å². The van der Waals surface area contributed by atoms with Crippen LogP contribution in [0.4, 0.5) is 5.82 Å². The SMILES string of the molecule is C.C=C1NC(=O)C=CN1[C@@H]1C[C@H](COP(=O)(O)O)[C@@H](O)C1O.C=C1NC(=O)C=CN1[C@@H]1C[C@H](COP(=O)(O)O)[C@H]2OC(C)(C)OC12.NCCCOCCCNc1ncnc2c1ncn2[C@@H]1O[C@H](COP(=O)(O)O)[C@@H](O)[C@H]1O. The van der Waals surface area contributed by atoms with Crippen molar-refractivity contribution >= 4 is 52.3 Å². The Labute approximate surface area is 441 Å². The van der Waals surface area contributed by atoms with Gasteiger partial charge in [-0.25, -0.2) is 28.6 Å². The largest absolute Gasteiger partial charge is 0.469 e. The molecule has 15 N–H and O–H groups in total. The Morgan fingerprint density at radius 2 is 1.30 bits per heavy atom. The van der Waals surface area contributed by atoms with E-state index in [0.717, 1.165) is 12.8 Å². The molecule has 2 saturated carbocycles. The number of imidazole rings is 1. The van der Waals surface area contributed by atoms with Gasteiger partial charge in [0, 0.05) is 56.1 Å². The highest BCUT2D eigenvalue weighted by Gasteiger charge is 2.56. The number of ether oxygens (including phenoxy) is 4. The van der Waals surface area contributed by atoms with Gasteiger partial charge in [-0.05, 0) is 46.1 Å². The number of aliphatic hydroxyl groups is 4. The lowest BCUT2D eigenvalue weighted by Crippen LogP contribution is -2.45. The molecule has 4 fully saturated rings. The van der Waals surface area contributed by atoms with Crippen molar-refractivity contribution in [1.29, 1.82) is 0 Å². The molecule has 6 heterocycles. The van der Waals surface area contributed by atoms with Crippen molar-refractivity contribution in [2.24, 2.45) is 17.6 Å². The third kappa shape index (κ3) is 17.4. The van der Waals surface area contributed by atoms with E-state index in [1.165, 1.54) is 40.5 Å². The van der Waals surface area contributed by atoms with Gasteiger partial charge in [-0.3, -0.25) is 27.7 Å². The number of nitrogens with one attached hydrogen (secondary N) is 3. The number of rotatable bonds is 20. The number of nitrogens with two attached hydrogens (primary N) is 1. The number of nitrogens with zero attached hydrogens (tertiary/aromatic N) is 6. The van der Waals surface area contributed by atoms with Crippen LogP contribution in [0.5, 0.6) is 0 Å². The molecule has 77 heavy (non-hydrogen) atoms. The molecule has 2 aliphatic carbocycles. The summed E-state index contributed by atoms with van der Waals surface area (Å²) in [4.78, 5) is 91.4. The van der Waals surface area contributed by atoms with Crippen LogP contribution in [0, 0.1) is 11.8 Å². The first-order chi connectivity index (χ1) is 35.6. The van der Waals surface area contributed by atoms with Crippen molar-refractivity contribution in [3.05, 3.63) is 62.0 Å². The van der Waals surface area contributed by atoms with Gasteiger partial charge in [-0.2, -0.15) is 0 Å². The van der Waals surface area contributed by atoms with E-state index in [1.54, 1.807) is 24.9 Å². The predicted octanol–water partition coefficient (Wildman–Crippen LogP) is -1.60. The first kappa shape index (κ1) is 63.6. The molecule has 2 aromatic rings. The zero-order valence-corrected chi connectivity index (χ0v) is 43.7. The summed E-state index contributed by atoms with van der Waals surface area (Å²) in [5.74, 6) is -1.13. The standard InChI is InChI=1S/C16H27N6O8P.C14H21N2O7P.C11H17N2O7P.CH4/c17-3-1-5-28-6-2-4-18-14-11-15(20-8-19-14)22(9-21-11)16-13(24)12(23)10(30-16)7-29-31(25,26)27;1-8-15-11(17)4-5-16(8)10-6-9(7-21-24(18,19)20)12-13(10)23-14(2,3)22-12;1-6-12-9(14)2-3-13(6)8-4-7(10(15)11(8)16)5-20-21(17,18)19;/h8-10,12-13,16,23-24H,1-7,17H2,(H,18,19,20)(H2,25,26,27);4-5,9-10,12-13H,1,6-7H2,2-3H3,(H,15,17)(H2,18,19,20);2-3,7-8,10-11,15-16H,1,4-5H2,(H,12,14)(H2,17,18,19);1H4/t10-,12-,13-,16-;9-,10-,12-,13?;7-,8-,10-,11?;/m111./s1. The molecule has 2 unspecified atom stereocenters. The minimum atomic E-state index is -4.75. The van der Waals surface area contributed by atoms with Crippen LogP contribution < -0.4 is 21.7 Å². The minimum Gasteiger partial charge on any atom is -0.390 e. The van der Waals surface area contributed by atoms with Crippen LogP contribution >= 0.6 is 23.5 Å². The Balaban J connectivity index is 0.000000216. The van der Waals surface area contributed by atoms with Crippen molar-refractivity contribution in [2.75, 3.05) is 51.4 Å². The number of fused-ring (bicyclic) bond motifs is 2. The third-order valence-electron chi connectivity index (χ3n) is 12.5. The Bertz CT molecular complexity index is 2580. The average Bonchev–Trinajstić information content (AvgIpc) is 4.12. The van der Waals surface area contributed by atoms with Crippen LogP contribution in [0.25, 0.3) is 11.2 Å². The van der Waals surface area contributed by atoms with Gasteiger partial charge in [-0.1, -0.05) is 20.6 Å². The van der Waals surface area contributed by atoms with Crippen LogP contribution in [-0.2, 0) is 55.8 Å². The van der Waals surface area contributed by atoms with Crippen LogP contribution in [-0.4, -0.2) is 198 Å². The molecule has 434 valence electrons. The molecule has 2 aromatic heterocycles. The summed E-state index contributed by atoms with van der Waals surface area (Å²) in [6, 6.07) is -0.763. The predicted molar refractivity (Wildman–Crippen MR) is 266 cm³/mol. The molecular formula is C42H69N10O22P3. The van der Waals surface area contributed by atoms with Gasteiger partial charge in [-0.15, -0.1) is 0 Å². The first-order valence-corrected chi connectivity index (χ1v) is 28.1. The Hall–Kier alpha value is -4.18. The van der Waals surface area contributed by atoms with Crippen molar-refractivity contribution in [3.63, 3.8) is 0 Å². The maximum Gasteiger partial charge on any atom is 0.469 e. The second-order valence-corrected chi connectivity index (χ2v) is 22.2. The molecule has 35 heteroatoms. The summed E-state index contributed by atoms with van der Waals surface area (Å²) in [5.41, 5.74) is 6.20. The maximum atomic E-state index is 11.4. The molecule has 32 nitrogen and oxygen atoms in total. The van der Waals surface area contributed by atoms with Crippen LogP contribution in [0.2, 0.25) is 0 Å². The van der Waals surface area contributed by atoms with Gasteiger partial charge in [0.15, 0.2) is 29.0 Å². The summed E-state index contributed by atoms with van der Waals surface area (Å²) in [5, 5.41) is 48.8. The summed E-state index contributed by atoms with van der Waals surface area (Å²) in [6.45, 7) is 12.3. The van der Waals surface area contributed by atoms with E-state index >= 15 is 0 Å². The van der Waals surface area contributed by atoms with E-state index in [1.807, 2.05) is 0 Å². The number of phosphoric ester groups is 3. The molecule has 8 rings (SSSR count). The van der Waals surface area contributed by atoms with Crippen LogP contribution in [0.1, 0.15) is 53.2 Å². The zero-order valence-electron chi connectivity index (χ0n) is 41.1. The molecule has 2 saturated heterocycles. The maximum absolute atomic E-state index is 11.4. The fraction of sp³-hybridized carbons (Fsp3) is 0.643. The third-order valence-corrected chi connectivity index (χ3v) is 14.0. The lowest BCUT2D eigenvalue weighted by molar-refractivity contribution is -0.162. The number of amides is 2. The number of phosphoric acid groups is 3. The van der Waals surface area contributed by atoms with Gasteiger partial charge in [0.05, 0.1) is 50.4 Å². The van der Waals surface area contributed by atoms with Crippen molar-refractivity contribution < 1.29 is 106 Å². The van der Waals surface area contributed by atoms with E-state index in [4.69, 9.17) is 54.0 Å². The Morgan fingerprint density at radius 1 is 0.753 bits per heavy atom. The fourth-order valence-electron chi connectivity index (χ4n) is 9.12. The zero-order chi connectivity index (χ0) is 55.9. The Kier molecular flexibility index (Phi) is 22.2. The molecule has 12 atom stereocenters. The summed E-state index contributed by atoms with van der Waals surface area (Å²) < 4.78 is 70.3. The molecule has 0 spiro atoms. The highest BCUT2D eigenvalue weighted by Crippen LogP contribution is 2.47. The van der Waals surface area contributed by atoms with E-state index in [0.29, 0.717) is 55.5 Å². The highest BCUT2D eigenvalue weighted by molar-refractivity contribution is 7.46. The monoisotopic (exact) mass is 1160 g/mol. The average molecular weight is 1160 g/mol. The number of hydrogen-bond acceptors (Lipinski definition) is 23. The molecule has 4 aliphatic heterocycles. The van der Waals surface area contributed by atoms with Crippen LogP contribution in [0.15, 0.2) is 62.0 Å². The second kappa shape index (κ2) is 26.9. The van der Waals surface area contributed by atoms with E-state index in [9.17, 15) is 43.7 Å². The van der Waals surface area contributed by atoms with E-state index in [-0.39, 0.29) is 68.9 Å². The van der Waals surface area contributed by atoms with Gasteiger partial charge in [0.1, 0.15) is 48.5 Å².